The molecule has 1 aliphatic heterocycles. The Morgan fingerprint density at radius 1 is 1.18 bits per heavy atom. The lowest BCUT2D eigenvalue weighted by Gasteiger charge is -2.34. The molecular formula is C17H32N2O3. The maximum atomic E-state index is 12.5. The van der Waals surface area contributed by atoms with E-state index in [1.165, 1.54) is 0 Å². The lowest BCUT2D eigenvalue weighted by molar-refractivity contribution is -0.143. The molecule has 2 atom stereocenters. The van der Waals surface area contributed by atoms with Crippen molar-refractivity contribution in [2.75, 3.05) is 13.1 Å². The smallest absolute Gasteiger partial charge is 0.242 e. The molecule has 2 amide bonds. The van der Waals surface area contributed by atoms with Crippen LogP contribution in [0.25, 0.3) is 0 Å². The molecule has 5 heteroatoms. The van der Waals surface area contributed by atoms with Crippen LogP contribution in [0.4, 0.5) is 0 Å². The molecule has 0 radical (unpaired) electrons. The summed E-state index contributed by atoms with van der Waals surface area (Å²) in [6.45, 7) is 9.12. The zero-order valence-corrected chi connectivity index (χ0v) is 14.5. The van der Waals surface area contributed by atoms with Gasteiger partial charge in [-0.05, 0) is 37.5 Å². The third-order valence-electron chi connectivity index (χ3n) is 3.99. The Balaban J connectivity index is 2.62. The second kappa shape index (κ2) is 9.13. The molecule has 1 saturated heterocycles. The molecule has 0 spiro atoms. The maximum absolute atomic E-state index is 12.5. The quantitative estimate of drug-likeness (QED) is 0.719. The summed E-state index contributed by atoms with van der Waals surface area (Å²) < 4.78 is 0. The van der Waals surface area contributed by atoms with Gasteiger partial charge in [-0.25, -0.2) is 0 Å². The van der Waals surface area contributed by atoms with Gasteiger partial charge in [0.05, 0.1) is 6.10 Å². The van der Waals surface area contributed by atoms with Crippen molar-refractivity contribution in [2.45, 2.75) is 71.9 Å². The van der Waals surface area contributed by atoms with Crippen LogP contribution < -0.4 is 5.32 Å². The molecule has 22 heavy (non-hydrogen) atoms. The van der Waals surface area contributed by atoms with Crippen LogP contribution >= 0.6 is 0 Å². The summed E-state index contributed by atoms with van der Waals surface area (Å²) in [6.07, 6.45) is 3.22. The Morgan fingerprint density at radius 2 is 1.82 bits per heavy atom. The van der Waals surface area contributed by atoms with Crippen LogP contribution in [0.15, 0.2) is 0 Å². The minimum absolute atomic E-state index is 0.0785. The summed E-state index contributed by atoms with van der Waals surface area (Å²) >= 11 is 0. The number of nitrogens with one attached hydrogen (secondary N) is 1. The first-order chi connectivity index (χ1) is 10.3. The average Bonchev–Trinajstić information content (AvgIpc) is 2.42. The van der Waals surface area contributed by atoms with Crippen LogP contribution in [-0.2, 0) is 9.59 Å². The number of likely N-dealkylation sites (tertiary alicyclic amines) is 1. The van der Waals surface area contributed by atoms with E-state index in [-0.39, 0.29) is 18.4 Å². The van der Waals surface area contributed by atoms with E-state index in [2.05, 4.69) is 19.2 Å². The fraction of sp³-hybridized carbons (Fsp3) is 0.882. The number of hydrogen-bond donors (Lipinski definition) is 2. The van der Waals surface area contributed by atoms with Gasteiger partial charge in [-0.15, -0.1) is 0 Å². The van der Waals surface area contributed by atoms with E-state index < -0.39 is 12.1 Å². The Morgan fingerprint density at radius 3 is 2.36 bits per heavy atom. The molecule has 0 aromatic rings. The van der Waals surface area contributed by atoms with Crippen molar-refractivity contribution < 1.29 is 14.7 Å². The van der Waals surface area contributed by atoms with Gasteiger partial charge in [0.25, 0.3) is 0 Å². The highest BCUT2D eigenvalue weighted by molar-refractivity contribution is 5.88. The van der Waals surface area contributed by atoms with Crippen molar-refractivity contribution in [1.29, 1.82) is 0 Å². The predicted octanol–water partition coefficient (Wildman–Crippen LogP) is 1.94. The molecule has 0 bridgehead atoms. The summed E-state index contributed by atoms with van der Waals surface area (Å²) in [4.78, 5) is 26.3. The van der Waals surface area contributed by atoms with Crippen LogP contribution in [0.1, 0.15) is 59.8 Å². The monoisotopic (exact) mass is 312 g/mol. The topological polar surface area (TPSA) is 69.6 Å². The summed E-state index contributed by atoms with van der Waals surface area (Å²) in [5.41, 5.74) is 0. The van der Waals surface area contributed by atoms with Crippen molar-refractivity contribution >= 4 is 11.8 Å². The minimum atomic E-state index is -0.527. The SMILES string of the molecule is CC(C)CC(O)CNC(=O)C(CC(C)C)N1CCCCC1=O. The molecule has 0 aromatic carbocycles. The summed E-state index contributed by atoms with van der Waals surface area (Å²) in [5.74, 6) is 0.676. The summed E-state index contributed by atoms with van der Waals surface area (Å²) in [7, 11) is 0. The molecule has 0 saturated carbocycles. The van der Waals surface area contributed by atoms with E-state index in [1.807, 2.05) is 13.8 Å². The van der Waals surface area contributed by atoms with E-state index in [4.69, 9.17) is 0 Å². The predicted molar refractivity (Wildman–Crippen MR) is 87.3 cm³/mol. The maximum Gasteiger partial charge on any atom is 0.242 e. The number of piperidine rings is 1. The molecule has 1 rings (SSSR count). The van der Waals surface area contributed by atoms with Gasteiger partial charge in [-0.1, -0.05) is 27.7 Å². The van der Waals surface area contributed by atoms with Crippen LogP contribution in [-0.4, -0.2) is 47.1 Å². The molecule has 0 aliphatic carbocycles. The first kappa shape index (κ1) is 18.9. The number of amides is 2. The number of aliphatic hydroxyl groups excluding tert-OH is 1. The Labute approximate surface area is 134 Å². The highest BCUT2D eigenvalue weighted by atomic mass is 16.3. The zero-order valence-electron chi connectivity index (χ0n) is 14.5. The van der Waals surface area contributed by atoms with Gasteiger partial charge in [-0.3, -0.25) is 9.59 Å². The number of carbonyl (C=O) groups is 2. The number of carbonyl (C=O) groups excluding carboxylic acids is 2. The Kier molecular flexibility index (Phi) is 7.87. The second-order valence-corrected chi connectivity index (χ2v) is 7.22. The molecule has 2 unspecified atom stereocenters. The van der Waals surface area contributed by atoms with Crippen molar-refractivity contribution in [1.82, 2.24) is 10.2 Å². The molecule has 0 aromatic heterocycles. The van der Waals surface area contributed by atoms with Crippen molar-refractivity contribution in [2.24, 2.45) is 11.8 Å². The highest BCUT2D eigenvalue weighted by Gasteiger charge is 2.31. The summed E-state index contributed by atoms with van der Waals surface area (Å²) in [6, 6.07) is -0.404. The minimum Gasteiger partial charge on any atom is -0.391 e. The van der Waals surface area contributed by atoms with Crippen LogP contribution in [0.2, 0.25) is 0 Å². The fourth-order valence-electron chi connectivity index (χ4n) is 2.94. The molecule has 128 valence electrons. The van der Waals surface area contributed by atoms with Crippen molar-refractivity contribution in [3.05, 3.63) is 0 Å². The van der Waals surface area contributed by atoms with Gasteiger partial charge in [0.2, 0.25) is 11.8 Å². The van der Waals surface area contributed by atoms with E-state index in [0.29, 0.717) is 37.6 Å². The van der Waals surface area contributed by atoms with Crippen LogP contribution in [0.5, 0.6) is 0 Å². The fourth-order valence-corrected chi connectivity index (χ4v) is 2.94. The molecule has 5 nitrogen and oxygen atoms in total. The van der Waals surface area contributed by atoms with E-state index in [0.717, 1.165) is 12.8 Å². The number of rotatable bonds is 8. The second-order valence-electron chi connectivity index (χ2n) is 7.22. The van der Waals surface area contributed by atoms with Crippen molar-refractivity contribution in [3.8, 4) is 0 Å². The summed E-state index contributed by atoms with van der Waals surface area (Å²) in [5, 5.41) is 12.7. The van der Waals surface area contributed by atoms with Crippen LogP contribution in [0.3, 0.4) is 0 Å². The van der Waals surface area contributed by atoms with Gasteiger partial charge in [0, 0.05) is 19.5 Å². The molecule has 1 fully saturated rings. The third-order valence-corrected chi connectivity index (χ3v) is 3.99. The third kappa shape index (κ3) is 6.34. The highest BCUT2D eigenvalue weighted by Crippen LogP contribution is 2.19. The number of aliphatic hydroxyl groups is 1. The van der Waals surface area contributed by atoms with Crippen LogP contribution in [0, 0.1) is 11.8 Å². The molecule has 1 aliphatic rings. The standard InChI is InChI=1S/C17H32N2O3/c1-12(2)9-14(20)11-18-17(22)15(10-13(3)4)19-8-6-5-7-16(19)21/h12-15,20H,5-11H2,1-4H3,(H,18,22). The first-order valence-electron chi connectivity index (χ1n) is 8.56. The number of nitrogens with zero attached hydrogens (tertiary/aromatic N) is 1. The largest absolute Gasteiger partial charge is 0.391 e. The van der Waals surface area contributed by atoms with Gasteiger partial charge >= 0.3 is 0 Å². The Hall–Kier alpha value is -1.10. The number of hydrogen-bond acceptors (Lipinski definition) is 3. The average molecular weight is 312 g/mol. The van der Waals surface area contributed by atoms with Gasteiger partial charge < -0.3 is 15.3 Å². The van der Waals surface area contributed by atoms with E-state index in [9.17, 15) is 14.7 Å². The lowest BCUT2D eigenvalue weighted by Crippen LogP contribution is -2.52. The van der Waals surface area contributed by atoms with Gasteiger partial charge in [0.15, 0.2) is 0 Å². The first-order valence-corrected chi connectivity index (χ1v) is 8.56. The van der Waals surface area contributed by atoms with Crippen molar-refractivity contribution in [3.63, 3.8) is 0 Å². The van der Waals surface area contributed by atoms with E-state index >= 15 is 0 Å². The zero-order chi connectivity index (χ0) is 16.7. The lowest BCUT2D eigenvalue weighted by atomic mass is 9.98. The van der Waals surface area contributed by atoms with Gasteiger partial charge in [-0.2, -0.15) is 0 Å². The Bertz CT molecular complexity index is 369. The van der Waals surface area contributed by atoms with E-state index in [1.54, 1.807) is 4.90 Å². The normalized spacial score (nSPS) is 18.7. The molecule has 2 N–H and O–H groups in total. The van der Waals surface area contributed by atoms with Gasteiger partial charge in [0.1, 0.15) is 6.04 Å². The molecule has 1 heterocycles. The molecular weight excluding hydrogens is 280 g/mol.